The maximum Gasteiger partial charge on any atom is 0.310 e. The summed E-state index contributed by atoms with van der Waals surface area (Å²) in [5, 5.41) is 2.55. The Morgan fingerprint density at radius 2 is 1.72 bits per heavy atom. The molecule has 0 bridgehead atoms. The molecule has 0 aromatic heterocycles. The molecule has 0 radical (unpaired) electrons. The van der Waals surface area contributed by atoms with Gasteiger partial charge in [-0.15, -0.1) is 5.73 Å². The molecule has 0 fully saturated rings. The normalized spacial score (nSPS) is 10.7. The number of benzene rings is 2. The van der Waals surface area contributed by atoms with Gasteiger partial charge in [-0.1, -0.05) is 78.4 Å². The highest BCUT2D eigenvalue weighted by molar-refractivity contribution is 7.04. The largest absolute Gasteiger partial charge is 0.466 e. The monoisotopic (exact) mass is 350 g/mol. The van der Waals surface area contributed by atoms with Gasteiger partial charge in [0.2, 0.25) is 0 Å². The lowest BCUT2D eigenvalue weighted by molar-refractivity contribution is -0.142. The molecule has 0 amide bonds. The molecule has 0 saturated heterocycles. The summed E-state index contributed by atoms with van der Waals surface area (Å²) in [6.07, 6.45) is 2.06. The van der Waals surface area contributed by atoms with Crippen molar-refractivity contribution in [2.24, 2.45) is 0 Å². The highest BCUT2D eigenvalue weighted by atomic mass is 28.3. The fourth-order valence-electron chi connectivity index (χ4n) is 2.80. The Bertz CT molecular complexity index is 767. The molecule has 0 unspecified atom stereocenters. The molecule has 0 aliphatic rings. The van der Waals surface area contributed by atoms with Crippen LogP contribution < -0.4 is 5.19 Å². The first kappa shape index (κ1) is 19.0. The second-order valence-corrected chi connectivity index (χ2v) is 10.9. The van der Waals surface area contributed by atoms with Crippen LogP contribution in [-0.4, -0.2) is 20.7 Å². The van der Waals surface area contributed by atoms with Gasteiger partial charge in [0.25, 0.3) is 0 Å². The molecule has 25 heavy (non-hydrogen) atoms. The Balaban J connectivity index is 2.47. The van der Waals surface area contributed by atoms with E-state index >= 15 is 0 Å². The van der Waals surface area contributed by atoms with Crippen molar-refractivity contribution < 1.29 is 9.53 Å². The van der Waals surface area contributed by atoms with Crippen LogP contribution in [0, 0.1) is 6.92 Å². The lowest BCUT2D eigenvalue weighted by atomic mass is 10.1. The molecule has 3 heteroatoms. The van der Waals surface area contributed by atoms with Crippen molar-refractivity contribution in [3.05, 3.63) is 77.5 Å². The molecule has 0 heterocycles. The summed E-state index contributed by atoms with van der Waals surface area (Å²) in [4.78, 5) is 11.6. The Morgan fingerprint density at radius 3 is 2.32 bits per heavy atom. The van der Waals surface area contributed by atoms with Crippen LogP contribution in [0.5, 0.6) is 0 Å². The number of ether oxygens (including phenoxy) is 1. The van der Waals surface area contributed by atoms with Crippen molar-refractivity contribution in [1.29, 1.82) is 0 Å². The van der Waals surface area contributed by atoms with Crippen molar-refractivity contribution in [1.82, 2.24) is 0 Å². The van der Waals surface area contributed by atoms with E-state index in [9.17, 15) is 4.79 Å². The van der Waals surface area contributed by atoms with Crippen LogP contribution in [0.4, 0.5) is 0 Å². The van der Waals surface area contributed by atoms with E-state index in [4.69, 9.17) is 4.74 Å². The standard InChI is InChI=1S/C22H26O2Si/c1-5-24-22(23)13-9-12-21(19-16-14-18(2)15-17-19)25(3,4)20-10-7-6-8-11-20/h6-11,14-17H,5,13H2,1-4H3. The average molecular weight is 351 g/mol. The quantitative estimate of drug-likeness (QED) is 0.431. The van der Waals surface area contributed by atoms with E-state index in [1.165, 1.54) is 21.5 Å². The first-order valence-corrected chi connectivity index (χ1v) is 11.7. The number of carbonyl (C=O) groups is 1. The Morgan fingerprint density at radius 1 is 1.08 bits per heavy atom. The van der Waals surface area contributed by atoms with E-state index < -0.39 is 8.07 Å². The van der Waals surface area contributed by atoms with E-state index in [0.29, 0.717) is 6.61 Å². The fraction of sp³-hybridized carbons (Fsp3) is 0.273. The fourth-order valence-corrected chi connectivity index (χ4v) is 5.47. The first-order chi connectivity index (χ1) is 11.9. The van der Waals surface area contributed by atoms with E-state index in [1.54, 1.807) is 0 Å². The smallest absolute Gasteiger partial charge is 0.310 e. The van der Waals surface area contributed by atoms with Gasteiger partial charge in [-0.2, -0.15) is 0 Å². The van der Waals surface area contributed by atoms with E-state index in [-0.39, 0.29) is 12.4 Å². The average Bonchev–Trinajstić information content (AvgIpc) is 2.61. The minimum atomic E-state index is -1.94. The second kappa shape index (κ2) is 8.66. The zero-order valence-electron chi connectivity index (χ0n) is 15.5. The van der Waals surface area contributed by atoms with E-state index in [0.717, 1.165) is 0 Å². The van der Waals surface area contributed by atoms with Crippen LogP contribution in [0.1, 0.15) is 24.5 Å². The van der Waals surface area contributed by atoms with Crippen molar-refractivity contribution >= 4 is 24.4 Å². The molecule has 2 aromatic carbocycles. The number of hydrogen-bond donors (Lipinski definition) is 0. The zero-order chi connectivity index (χ0) is 18.3. The van der Waals surface area contributed by atoms with Gasteiger partial charge in [0, 0.05) is 0 Å². The van der Waals surface area contributed by atoms with E-state index in [2.05, 4.69) is 74.3 Å². The van der Waals surface area contributed by atoms with Crippen molar-refractivity contribution in [3.63, 3.8) is 0 Å². The third-order valence-electron chi connectivity index (χ3n) is 4.28. The minimum absolute atomic E-state index is 0.211. The lowest BCUT2D eigenvalue weighted by Gasteiger charge is -2.25. The summed E-state index contributed by atoms with van der Waals surface area (Å²) in [5.41, 5.74) is 5.84. The summed E-state index contributed by atoms with van der Waals surface area (Å²) in [7, 11) is -1.94. The van der Waals surface area contributed by atoms with Gasteiger partial charge >= 0.3 is 5.97 Å². The van der Waals surface area contributed by atoms with Crippen LogP contribution >= 0.6 is 0 Å². The molecule has 2 aromatic rings. The molecule has 0 N–H and O–H groups in total. The van der Waals surface area contributed by atoms with Gasteiger partial charge in [0.05, 0.1) is 13.0 Å². The molecule has 2 rings (SSSR count). The minimum Gasteiger partial charge on any atom is -0.466 e. The van der Waals surface area contributed by atoms with Crippen molar-refractivity contribution in [2.75, 3.05) is 6.61 Å². The van der Waals surface area contributed by atoms with Gasteiger partial charge in [0.1, 0.15) is 8.07 Å². The van der Waals surface area contributed by atoms with Crippen LogP contribution in [0.2, 0.25) is 13.1 Å². The Hall–Kier alpha value is -2.35. The van der Waals surface area contributed by atoms with E-state index in [1.807, 2.05) is 19.1 Å². The summed E-state index contributed by atoms with van der Waals surface area (Å²) in [6, 6.07) is 19.1. The Kier molecular flexibility index (Phi) is 6.57. The maximum absolute atomic E-state index is 11.6. The summed E-state index contributed by atoms with van der Waals surface area (Å²) in [6.45, 7) is 8.96. The predicted molar refractivity (Wildman–Crippen MR) is 107 cm³/mol. The molecular weight excluding hydrogens is 324 g/mol. The first-order valence-electron chi connectivity index (χ1n) is 8.69. The summed E-state index contributed by atoms with van der Waals surface area (Å²) in [5.74, 6) is -0.211. The molecule has 0 saturated carbocycles. The molecule has 0 aliphatic heterocycles. The highest BCUT2D eigenvalue weighted by Crippen LogP contribution is 2.25. The van der Waals surface area contributed by atoms with Crippen molar-refractivity contribution in [3.8, 4) is 0 Å². The zero-order valence-corrected chi connectivity index (χ0v) is 16.5. The number of hydrogen-bond acceptors (Lipinski definition) is 2. The molecule has 0 aliphatic carbocycles. The predicted octanol–water partition coefficient (Wildman–Crippen LogP) is 4.64. The second-order valence-electron chi connectivity index (χ2n) is 6.59. The lowest BCUT2D eigenvalue weighted by Crippen LogP contribution is -2.42. The Labute approximate surface area is 151 Å². The summed E-state index contributed by atoms with van der Waals surface area (Å²) >= 11 is 0. The van der Waals surface area contributed by atoms with Crippen LogP contribution in [-0.2, 0) is 9.53 Å². The number of esters is 1. The van der Waals surface area contributed by atoms with Gasteiger partial charge in [-0.3, -0.25) is 4.79 Å². The highest BCUT2D eigenvalue weighted by Gasteiger charge is 2.29. The van der Waals surface area contributed by atoms with Gasteiger partial charge in [-0.25, -0.2) is 0 Å². The molecule has 130 valence electrons. The molecular formula is C22H26O2Si. The SMILES string of the molecule is CCOC(=O)CC=C=C(c1ccc(C)cc1)[Si](C)(C)c1ccccc1. The van der Waals surface area contributed by atoms with Crippen LogP contribution in [0.25, 0.3) is 5.20 Å². The van der Waals surface area contributed by atoms with Crippen molar-refractivity contribution in [2.45, 2.75) is 33.4 Å². The van der Waals surface area contributed by atoms with Gasteiger partial charge < -0.3 is 4.74 Å². The number of rotatable bonds is 6. The number of aryl methyl sites for hydroxylation is 1. The number of carbonyl (C=O) groups excluding carboxylic acids is 1. The van der Waals surface area contributed by atoms with Gasteiger partial charge in [-0.05, 0) is 30.7 Å². The molecule has 2 nitrogen and oxygen atoms in total. The van der Waals surface area contributed by atoms with Gasteiger partial charge in [0.15, 0.2) is 0 Å². The van der Waals surface area contributed by atoms with Crippen LogP contribution in [0.3, 0.4) is 0 Å². The topological polar surface area (TPSA) is 26.3 Å². The summed E-state index contributed by atoms with van der Waals surface area (Å²) < 4.78 is 5.01. The third-order valence-corrected chi connectivity index (χ3v) is 7.74. The third kappa shape index (κ3) is 5.06. The molecule has 0 spiro atoms. The van der Waals surface area contributed by atoms with Crippen LogP contribution in [0.15, 0.2) is 66.4 Å². The molecule has 0 atom stereocenters. The maximum atomic E-state index is 11.6.